The Balaban J connectivity index is 1.94. The van der Waals surface area contributed by atoms with Gasteiger partial charge in [0.2, 0.25) is 17.7 Å². The predicted molar refractivity (Wildman–Crippen MR) is 115 cm³/mol. The van der Waals surface area contributed by atoms with Gasteiger partial charge < -0.3 is 20.6 Å². The number of likely N-dealkylation sites (tertiary alicyclic amines) is 1. The van der Waals surface area contributed by atoms with E-state index in [0.29, 0.717) is 17.1 Å². The van der Waals surface area contributed by atoms with Gasteiger partial charge >= 0.3 is 0 Å². The highest BCUT2D eigenvalue weighted by Crippen LogP contribution is 2.45. The summed E-state index contributed by atoms with van der Waals surface area (Å²) in [6.45, 7) is 2.15. The van der Waals surface area contributed by atoms with Gasteiger partial charge in [-0.3, -0.25) is 14.4 Å². The highest BCUT2D eigenvalue weighted by Gasteiger charge is 2.56. The number of aliphatic hydroxyl groups is 1. The molecular formula is C22H28ClN3O4. The van der Waals surface area contributed by atoms with Crippen molar-refractivity contribution in [2.24, 2.45) is 23.7 Å². The second-order valence-corrected chi connectivity index (χ2v) is 8.19. The van der Waals surface area contributed by atoms with Crippen LogP contribution in [0.5, 0.6) is 0 Å². The second kappa shape index (κ2) is 9.62. The van der Waals surface area contributed by atoms with Crippen molar-refractivity contribution in [1.29, 1.82) is 0 Å². The van der Waals surface area contributed by atoms with Crippen molar-refractivity contribution in [3.63, 3.8) is 0 Å². The maximum Gasteiger partial charge on any atom is 0.247 e. The first-order chi connectivity index (χ1) is 14.4. The summed E-state index contributed by atoms with van der Waals surface area (Å²) >= 11 is 5.92. The lowest BCUT2D eigenvalue weighted by atomic mass is 9.69. The van der Waals surface area contributed by atoms with Crippen LogP contribution in [0, 0.1) is 23.7 Å². The third-order valence-corrected chi connectivity index (χ3v) is 6.32. The molecule has 0 spiro atoms. The molecule has 3 amide bonds. The number of aliphatic hydroxyl groups excluding tert-OH is 1. The van der Waals surface area contributed by atoms with E-state index in [1.165, 1.54) is 4.90 Å². The van der Waals surface area contributed by atoms with Gasteiger partial charge in [-0.1, -0.05) is 30.7 Å². The molecular weight excluding hydrogens is 406 g/mol. The summed E-state index contributed by atoms with van der Waals surface area (Å²) in [5.41, 5.74) is 0.580. The average molecular weight is 434 g/mol. The number of nitrogens with zero attached hydrogens (tertiary/aromatic N) is 1. The largest absolute Gasteiger partial charge is 0.396 e. The van der Waals surface area contributed by atoms with E-state index in [2.05, 4.69) is 10.6 Å². The van der Waals surface area contributed by atoms with Crippen LogP contribution in [0.25, 0.3) is 0 Å². The first kappa shape index (κ1) is 22.3. The van der Waals surface area contributed by atoms with E-state index >= 15 is 0 Å². The van der Waals surface area contributed by atoms with E-state index in [1.807, 2.05) is 19.1 Å². The number of amides is 3. The van der Waals surface area contributed by atoms with Gasteiger partial charge in [0.1, 0.15) is 6.04 Å². The molecule has 1 fully saturated rings. The number of rotatable bonds is 7. The molecule has 0 saturated carbocycles. The van der Waals surface area contributed by atoms with Crippen LogP contribution in [0.4, 0.5) is 5.69 Å². The first-order valence-electron chi connectivity index (χ1n) is 10.3. The Morgan fingerprint density at radius 2 is 1.87 bits per heavy atom. The van der Waals surface area contributed by atoms with E-state index in [-0.39, 0.29) is 36.8 Å². The van der Waals surface area contributed by atoms with Crippen molar-refractivity contribution in [3.05, 3.63) is 41.4 Å². The van der Waals surface area contributed by atoms with Gasteiger partial charge in [0.05, 0.1) is 11.8 Å². The fraction of sp³-hybridized carbons (Fsp3) is 0.500. The van der Waals surface area contributed by atoms with Crippen LogP contribution in [0.2, 0.25) is 5.02 Å². The number of hydrogen-bond donors (Lipinski definition) is 3. The van der Waals surface area contributed by atoms with Crippen LogP contribution >= 0.6 is 11.6 Å². The predicted octanol–water partition coefficient (Wildman–Crippen LogP) is 2.06. The molecule has 1 aromatic carbocycles. The van der Waals surface area contributed by atoms with Gasteiger partial charge in [-0.05, 0) is 43.0 Å². The summed E-state index contributed by atoms with van der Waals surface area (Å²) < 4.78 is 0. The maximum atomic E-state index is 13.4. The van der Waals surface area contributed by atoms with Gasteiger partial charge in [0, 0.05) is 36.8 Å². The highest BCUT2D eigenvalue weighted by atomic mass is 35.5. The molecule has 5 atom stereocenters. The number of carbonyl (C=O) groups excluding carboxylic acids is 3. The maximum absolute atomic E-state index is 13.4. The SMILES string of the molecule is CC[C@@H]1C=C[C@H]2[C@@H](C(=O)N(CCCO)[C@@H]2C(=O)Nc2ccc(Cl)cc2)[C@@H]1C(=O)NC. The second-order valence-electron chi connectivity index (χ2n) is 7.75. The number of benzene rings is 1. The van der Waals surface area contributed by atoms with E-state index < -0.39 is 23.8 Å². The van der Waals surface area contributed by atoms with Crippen molar-refractivity contribution in [1.82, 2.24) is 10.2 Å². The Morgan fingerprint density at radius 3 is 2.47 bits per heavy atom. The molecule has 1 aliphatic carbocycles. The van der Waals surface area contributed by atoms with Gasteiger partial charge in [-0.25, -0.2) is 0 Å². The first-order valence-corrected chi connectivity index (χ1v) is 10.7. The molecule has 1 aromatic rings. The standard InChI is InChI=1S/C22H28ClN3O4/c1-3-13-5-10-16-18(17(13)20(28)24-2)22(30)26(11-4-12-27)19(16)21(29)25-15-8-6-14(23)7-9-15/h5-10,13,16-19,27H,3-4,11-12H2,1-2H3,(H,24,28)(H,25,29)/t13-,16+,17-,18-,19+/m1/s1. The quantitative estimate of drug-likeness (QED) is 0.573. The minimum absolute atomic E-state index is 0.0621. The van der Waals surface area contributed by atoms with Gasteiger partial charge in [-0.2, -0.15) is 0 Å². The van der Waals surface area contributed by atoms with Crippen LogP contribution in [-0.4, -0.2) is 54.0 Å². The highest BCUT2D eigenvalue weighted by molar-refractivity contribution is 6.30. The van der Waals surface area contributed by atoms with Crippen molar-refractivity contribution in [2.45, 2.75) is 25.8 Å². The zero-order valence-electron chi connectivity index (χ0n) is 17.2. The van der Waals surface area contributed by atoms with Crippen LogP contribution in [-0.2, 0) is 14.4 Å². The van der Waals surface area contributed by atoms with E-state index in [4.69, 9.17) is 11.6 Å². The molecule has 7 nitrogen and oxygen atoms in total. The molecule has 3 N–H and O–H groups in total. The number of halogens is 1. The average Bonchev–Trinajstić information content (AvgIpc) is 3.04. The fourth-order valence-electron chi connectivity index (χ4n) is 4.64. The van der Waals surface area contributed by atoms with Gasteiger partial charge in [0.25, 0.3) is 0 Å². The minimum Gasteiger partial charge on any atom is -0.396 e. The molecule has 0 aromatic heterocycles. The zero-order valence-corrected chi connectivity index (χ0v) is 17.9. The Bertz CT molecular complexity index is 826. The lowest BCUT2D eigenvalue weighted by Gasteiger charge is -2.33. The van der Waals surface area contributed by atoms with E-state index in [9.17, 15) is 19.5 Å². The molecule has 3 rings (SSSR count). The molecule has 8 heteroatoms. The summed E-state index contributed by atoms with van der Waals surface area (Å²) in [6, 6.07) is 6.01. The molecule has 30 heavy (non-hydrogen) atoms. The molecule has 1 aliphatic heterocycles. The normalized spacial score (nSPS) is 27.7. The fourth-order valence-corrected chi connectivity index (χ4v) is 4.77. The Hall–Kier alpha value is -2.38. The zero-order chi connectivity index (χ0) is 21.8. The molecule has 0 unspecified atom stereocenters. The van der Waals surface area contributed by atoms with Crippen molar-refractivity contribution in [3.8, 4) is 0 Å². The minimum atomic E-state index is -0.744. The Morgan fingerprint density at radius 1 is 1.17 bits per heavy atom. The number of anilines is 1. The summed E-state index contributed by atoms with van der Waals surface area (Å²) in [4.78, 5) is 40.8. The summed E-state index contributed by atoms with van der Waals surface area (Å²) in [6.07, 6.45) is 4.97. The van der Waals surface area contributed by atoms with E-state index in [0.717, 1.165) is 6.42 Å². The number of fused-ring (bicyclic) bond motifs is 1. The molecule has 1 heterocycles. The van der Waals surface area contributed by atoms with Crippen molar-refractivity contribution < 1.29 is 19.5 Å². The van der Waals surface area contributed by atoms with Crippen LogP contribution in [0.3, 0.4) is 0 Å². The third-order valence-electron chi connectivity index (χ3n) is 6.07. The smallest absolute Gasteiger partial charge is 0.247 e. The number of carbonyl (C=O) groups is 3. The van der Waals surface area contributed by atoms with Gasteiger partial charge in [0.15, 0.2) is 0 Å². The third kappa shape index (κ3) is 4.23. The summed E-state index contributed by atoms with van der Waals surface area (Å²) in [5, 5.41) is 15.4. The molecule has 0 radical (unpaired) electrons. The van der Waals surface area contributed by atoms with Crippen LogP contribution < -0.4 is 10.6 Å². The molecule has 1 saturated heterocycles. The van der Waals surface area contributed by atoms with Gasteiger partial charge in [-0.15, -0.1) is 0 Å². The van der Waals surface area contributed by atoms with Crippen LogP contribution in [0.1, 0.15) is 19.8 Å². The Kier molecular flexibility index (Phi) is 7.15. The molecule has 162 valence electrons. The number of hydrogen-bond acceptors (Lipinski definition) is 4. The van der Waals surface area contributed by atoms with Crippen LogP contribution in [0.15, 0.2) is 36.4 Å². The number of nitrogens with one attached hydrogen (secondary N) is 2. The lowest BCUT2D eigenvalue weighted by molar-refractivity contribution is -0.140. The monoisotopic (exact) mass is 433 g/mol. The topological polar surface area (TPSA) is 98.7 Å². The summed E-state index contributed by atoms with van der Waals surface area (Å²) in [7, 11) is 1.57. The lowest BCUT2D eigenvalue weighted by Crippen LogP contribution is -2.45. The summed E-state index contributed by atoms with van der Waals surface area (Å²) in [5.74, 6) is -2.29. The Labute approximate surface area is 181 Å². The number of allylic oxidation sites excluding steroid dienone is 1. The molecule has 2 aliphatic rings. The van der Waals surface area contributed by atoms with E-state index in [1.54, 1.807) is 31.3 Å². The van der Waals surface area contributed by atoms with Crippen molar-refractivity contribution >= 4 is 35.0 Å². The van der Waals surface area contributed by atoms with Crippen molar-refractivity contribution in [2.75, 3.05) is 25.5 Å². The molecule has 0 bridgehead atoms.